The number of rotatable bonds is 4. The molecule has 0 bridgehead atoms. The van der Waals surface area contributed by atoms with Gasteiger partial charge in [-0.3, -0.25) is 0 Å². The zero-order valence-electron chi connectivity index (χ0n) is 7.07. The van der Waals surface area contributed by atoms with Crippen molar-refractivity contribution in [1.82, 2.24) is 0 Å². The van der Waals surface area contributed by atoms with E-state index in [1.807, 2.05) is 0 Å². The molecule has 1 saturated carbocycles. The van der Waals surface area contributed by atoms with Crippen LogP contribution in [0.2, 0.25) is 0 Å². The van der Waals surface area contributed by atoms with E-state index in [2.05, 4.69) is 11.8 Å². The molecule has 0 aliphatic heterocycles. The van der Waals surface area contributed by atoms with Crippen molar-refractivity contribution in [3.63, 3.8) is 0 Å². The second kappa shape index (κ2) is 4.09. The highest BCUT2D eigenvalue weighted by Crippen LogP contribution is 2.52. The van der Waals surface area contributed by atoms with Crippen molar-refractivity contribution >= 4 is 30.1 Å². The predicted octanol–water partition coefficient (Wildman–Crippen LogP) is 2.32. The van der Waals surface area contributed by atoms with Crippen molar-refractivity contribution < 1.29 is 18.3 Å². The van der Waals surface area contributed by atoms with Crippen LogP contribution in [0.1, 0.15) is 19.8 Å². The zero-order chi connectivity index (χ0) is 10.1. The van der Waals surface area contributed by atoms with Crippen LogP contribution in [-0.4, -0.2) is 22.7 Å². The van der Waals surface area contributed by atoms with Gasteiger partial charge in [-0.1, -0.05) is 11.6 Å². The fourth-order valence-corrected chi connectivity index (χ4v) is 3.00. The molecule has 0 spiro atoms. The van der Waals surface area contributed by atoms with Crippen LogP contribution in [0.5, 0.6) is 0 Å². The van der Waals surface area contributed by atoms with Gasteiger partial charge in [0.1, 0.15) is 0 Å². The molecule has 0 amide bonds. The van der Waals surface area contributed by atoms with Crippen molar-refractivity contribution in [2.24, 2.45) is 0 Å². The number of hydrogen-bond donors (Lipinski definition) is 1. The van der Waals surface area contributed by atoms with Gasteiger partial charge >= 0.3 is 6.72 Å². The molecule has 1 aliphatic rings. The molecule has 0 heterocycles. The van der Waals surface area contributed by atoms with Crippen LogP contribution in [0.3, 0.4) is 0 Å². The fourth-order valence-electron chi connectivity index (χ4n) is 1.06. The molecule has 0 aromatic rings. The van der Waals surface area contributed by atoms with Gasteiger partial charge in [-0.15, -0.1) is 0 Å². The van der Waals surface area contributed by atoms with Crippen molar-refractivity contribution in [2.45, 2.75) is 31.0 Å². The number of halogens is 2. The third kappa shape index (κ3) is 3.78. The first kappa shape index (κ1) is 11.8. The normalized spacial score (nSPS) is 38.0. The largest absolute Gasteiger partial charge is 0.324 e. The summed E-state index contributed by atoms with van der Waals surface area (Å²) < 4.78 is 22.5. The minimum absolute atomic E-state index is 0.0561. The van der Waals surface area contributed by atoms with Gasteiger partial charge in [-0.05, 0) is 18.7 Å². The molecule has 78 valence electrons. The van der Waals surface area contributed by atoms with Crippen molar-refractivity contribution in [2.75, 3.05) is 6.61 Å². The molecule has 0 aromatic heterocycles. The molecular formula is C6H11ClFO3PS. The molecule has 1 unspecified atom stereocenters. The maximum absolute atomic E-state index is 12.8. The molecular weight excluding hydrogens is 238 g/mol. The lowest BCUT2D eigenvalue weighted by Gasteiger charge is -2.37. The van der Waals surface area contributed by atoms with Gasteiger partial charge in [-0.2, -0.15) is 0 Å². The van der Waals surface area contributed by atoms with E-state index < -0.39 is 18.0 Å². The summed E-state index contributed by atoms with van der Waals surface area (Å²) in [6.45, 7) is -1.19. The van der Waals surface area contributed by atoms with E-state index in [4.69, 9.17) is 20.6 Å². The number of hydrogen-bond acceptors (Lipinski definition) is 3. The molecule has 1 aliphatic carbocycles. The topological polar surface area (TPSA) is 38.7 Å². The van der Waals surface area contributed by atoms with Gasteiger partial charge < -0.3 is 13.9 Å². The Bertz CT molecular complexity index is 230. The van der Waals surface area contributed by atoms with Gasteiger partial charge in [0.05, 0.1) is 12.7 Å². The average Bonchev–Trinajstić information content (AvgIpc) is 1.80. The monoisotopic (exact) mass is 248 g/mol. The summed E-state index contributed by atoms with van der Waals surface area (Å²) in [4.78, 5) is 9.34. The lowest BCUT2D eigenvalue weighted by Crippen LogP contribution is -2.39. The van der Waals surface area contributed by atoms with Crippen LogP contribution in [0, 0.1) is 0 Å². The third-order valence-electron chi connectivity index (χ3n) is 1.63. The van der Waals surface area contributed by atoms with Gasteiger partial charge in [0.25, 0.3) is 0 Å². The van der Waals surface area contributed by atoms with Crippen molar-refractivity contribution in [3.05, 3.63) is 0 Å². The molecule has 1 atom stereocenters. The summed E-state index contributed by atoms with van der Waals surface area (Å²) in [6.07, 6.45) is -0.300. The molecule has 3 nitrogen and oxygen atoms in total. The van der Waals surface area contributed by atoms with E-state index in [-0.39, 0.29) is 19.4 Å². The summed E-state index contributed by atoms with van der Waals surface area (Å²) in [7, 11) is 0. The van der Waals surface area contributed by atoms with Crippen LogP contribution in [0.15, 0.2) is 0 Å². The minimum Gasteiger partial charge on any atom is -0.324 e. The van der Waals surface area contributed by atoms with Gasteiger partial charge in [0.2, 0.25) is 0 Å². The zero-order valence-corrected chi connectivity index (χ0v) is 9.54. The fraction of sp³-hybridized carbons (Fsp3) is 1.00. The third-order valence-corrected chi connectivity index (χ3v) is 3.66. The molecule has 0 aromatic carbocycles. The standard InChI is InChI=1S/C6H11ClFO3PS/c1-2-10-12(9,13)11-5-3-6(7,8)4-5/h5H,2-4H2,1H3,(H,9,13). The van der Waals surface area contributed by atoms with Crippen molar-refractivity contribution in [1.29, 1.82) is 0 Å². The SMILES string of the molecule is CCOP(O)(=S)OC1CC(F)(Cl)C1. The quantitative estimate of drug-likeness (QED) is 0.612. The Kier molecular flexibility index (Phi) is 3.72. The Labute approximate surface area is 86.4 Å². The Hall–Kier alpha value is 0.750. The highest BCUT2D eigenvalue weighted by atomic mass is 35.5. The second-order valence-electron chi connectivity index (χ2n) is 2.88. The van der Waals surface area contributed by atoms with Crippen LogP contribution in [0.25, 0.3) is 0 Å². The molecule has 1 rings (SSSR count). The Balaban J connectivity index is 2.31. The van der Waals surface area contributed by atoms with Crippen LogP contribution in [0.4, 0.5) is 4.39 Å². The predicted molar refractivity (Wildman–Crippen MR) is 51.9 cm³/mol. The first-order valence-electron chi connectivity index (χ1n) is 3.88. The molecule has 1 N–H and O–H groups in total. The Morgan fingerprint density at radius 3 is 2.69 bits per heavy atom. The maximum Gasteiger partial charge on any atom is 0.324 e. The van der Waals surface area contributed by atoms with Crippen molar-refractivity contribution in [3.8, 4) is 0 Å². The van der Waals surface area contributed by atoms with Gasteiger partial charge in [0, 0.05) is 12.8 Å². The summed E-state index contributed by atoms with van der Waals surface area (Å²) in [5.41, 5.74) is 0. The molecule has 7 heteroatoms. The molecule has 13 heavy (non-hydrogen) atoms. The smallest absolute Gasteiger partial charge is 0.324 e. The Morgan fingerprint density at radius 1 is 1.77 bits per heavy atom. The highest BCUT2D eigenvalue weighted by molar-refractivity contribution is 8.07. The van der Waals surface area contributed by atoms with Crippen LogP contribution < -0.4 is 0 Å². The van der Waals surface area contributed by atoms with E-state index in [0.29, 0.717) is 0 Å². The van der Waals surface area contributed by atoms with Crippen LogP contribution >= 0.6 is 18.3 Å². The van der Waals surface area contributed by atoms with Gasteiger partial charge in [0.15, 0.2) is 5.13 Å². The lowest BCUT2D eigenvalue weighted by atomic mass is 9.93. The van der Waals surface area contributed by atoms with E-state index in [0.717, 1.165) is 0 Å². The summed E-state index contributed by atoms with van der Waals surface area (Å²) in [6, 6.07) is 0. The maximum atomic E-state index is 12.8. The average molecular weight is 249 g/mol. The Morgan fingerprint density at radius 2 is 2.31 bits per heavy atom. The van der Waals surface area contributed by atoms with Gasteiger partial charge in [-0.25, -0.2) is 4.39 Å². The lowest BCUT2D eigenvalue weighted by molar-refractivity contribution is 0.00215. The molecule has 0 radical (unpaired) electrons. The number of alkyl halides is 2. The minimum atomic E-state index is -3.16. The molecule has 0 saturated heterocycles. The van der Waals surface area contributed by atoms with E-state index in [1.54, 1.807) is 6.92 Å². The first-order chi connectivity index (χ1) is 5.85. The molecule has 1 fully saturated rings. The van der Waals surface area contributed by atoms with E-state index in [9.17, 15) is 9.28 Å². The summed E-state index contributed by atoms with van der Waals surface area (Å²) in [5, 5.41) is -1.69. The summed E-state index contributed by atoms with van der Waals surface area (Å²) >= 11 is 9.96. The second-order valence-corrected chi connectivity index (χ2v) is 6.35. The summed E-state index contributed by atoms with van der Waals surface area (Å²) in [5.74, 6) is 0. The van der Waals surface area contributed by atoms with E-state index in [1.165, 1.54) is 0 Å². The first-order valence-corrected chi connectivity index (χ1v) is 6.85. The van der Waals surface area contributed by atoms with Crippen LogP contribution in [-0.2, 0) is 20.9 Å². The highest BCUT2D eigenvalue weighted by Gasteiger charge is 2.46. The van der Waals surface area contributed by atoms with E-state index >= 15 is 0 Å².